The van der Waals surface area contributed by atoms with Gasteiger partial charge in [-0.2, -0.15) is 0 Å². The first kappa shape index (κ1) is 71.6. The topological polar surface area (TPSA) is 78.9 Å². The van der Waals surface area contributed by atoms with Gasteiger partial charge in [-0.15, -0.1) is 0 Å². The van der Waals surface area contributed by atoms with Gasteiger partial charge in [-0.05, 0) is 83.5 Å². The van der Waals surface area contributed by atoms with Crippen LogP contribution in [0.1, 0.15) is 316 Å². The quantitative estimate of drug-likeness (QED) is 0.0261. The highest BCUT2D eigenvalue weighted by molar-refractivity contribution is 5.71. The van der Waals surface area contributed by atoms with E-state index in [1.165, 1.54) is 193 Å². The lowest BCUT2D eigenvalue weighted by molar-refractivity contribution is -0.166. The molecular weight excluding hydrogens is 925 g/mol. The minimum atomic E-state index is -0.814. The molecule has 0 radical (unpaired) electrons. The predicted octanol–water partition coefficient (Wildman–Crippen LogP) is 21.9. The summed E-state index contributed by atoms with van der Waals surface area (Å²) in [6, 6.07) is 0. The molecule has 0 aromatic rings. The van der Waals surface area contributed by atoms with Gasteiger partial charge < -0.3 is 14.2 Å². The highest BCUT2D eigenvalue weighted by atomic mass is 16.6. The van der Waals surface area contributed by atoms with Gasteiger partial charge in [-0.25, -0.2) is 0 Å². The number of carbonyl (C=O) groups excluding carboxylic acids is 3. The highest BCUT2D eigenvalue weighted by Gasteiger charge is 2.19. The molecule has 432 valence electrons. The summed E-state index contributed by atoms with van der Waals surface area (Å²) in [6.45, 7) is 6.47. The van der Waals surface area contributed by atoms with Crippen LogP contribution >= 0.6 is 0 Å². The Kier molecular flexibility index (Phi) is 60.3. The third-order valence-electron chi connectivity index (χ3n) is 13.9. The third-order valence-corrected chi connectivity index (χ3v) is 13.9. The lowest BCUT2D eigenvalue weighted by Crippen LogP contribution is -2.30. The van der Waals surface area contributed by atoms with Crippen LogP contribution in [-0.4, -0.2) is 37.2 Å². The van der Waals surface area contributed by atoms with Gasteiger partial charge in [0.05, 0.1) is 0 Å². The summed E-state index contributed by atoms with van der Waals surface area (Å²) in [5.41, 5.74) is 0. The van der Waals surface area contributed by atoms with Crippen LogP contribution in [0.2, 0.25) is 0 Å². The Morgan fingerprint density at radius 3 is 0.867 bits per heavy atom. The number of hydrogen-bond acceptors (Lipinski definition) is 6. The van der Waals surface area contributed by atoms with Crippen molar-refractivity contribution in [3.8, 4) is 0 Å². The summed E-state index contributed by atoms with van der Waals surface area (Å²) in [4.78, 5) is 38.1. The van der Waals surface area contributed by atoms with Crippen molar-refractivity contribution >= 4 is 17.9 Å². The molecule has 0 aromatic carbocycles. The van der Waals surface area contributed by atoms with Crippen molar-refractivity contribution < 1.29 is 28.6 Å². The van der Waals surface area contributed by atoms with Gasteiger partial charge in [0.15, 0.2) is 6.10 Å². The zero-order valence-corrected chi connectivity index (χ0v) is 49.6. The zero-order valence-electron chi connectivity index (χ0n) is 49.6. The minimum absolute atomic E-state index is 0.104. The largest absolute Gasteiger partial charge is 0.462 e. The second-order valence-corrected chi connectivity index (χ2v) is 21.3. The number of carbonyl (C=O) groups is 3. The van der Waals surface area contributed by atoms with Gasteiger partial charge >= 0.3 is 17.9 Å². The standard InChI is InChI=1S/C69H120O6/c1-4-7-10-13-16-19-21-23-25-27-29-30-31-32-33-34-35-36-37-38-40-41-43-45-47-50-53-56-59-62-68(71)74-65-66(64-73-67(70)61-58-55-52-49-18-15-12-9-6-3)75-69(72)63-60-57-54-51-48-46-44-42-39-28-26-24-22-20-17-14-11-8-5-2/h8,11,17,20,24,26-27,29,39,42,46,48,54,57,66H,4-7,9-10,12-16,18-19,21-23,25,28,30-38,40-41,43-45,47,49-53,55-56,58-65H2,1-3H3/b11-8-,20-17-,26-24-,29-27-,42-39-,48-46-,57-54-. The molecule has 0 bridgehead atoms. The van der Waals surface area contributed by atoms with Gasteiger partial charge in [-0.1, -0.05) is 298 Å². The maximum atomic E-state index is 12.8. The molecule has 0 aliphatic rings. The molecule has 0 N–H and O–H groups in total. The second-order valence-electron chi connectivity index (χ2n) is 21.3. The van der Waals surface area contributed by atoms with E-state index in [1.807, 2.05) is 6.08 Å². The monoisotopic (exact) mass is 1040 g/mol. The first-order valence-electron chi connectivity index (χ1n) is 32.1. The molecule has 0 amide bonds. The Bertz CT molecular complexity index is 1430. The number of ether oxygens (including phenoxy) is 3. The van der Waals surface area contributed by atoms with E-state index >= 15 is 0 Å². The molecule has 0 saturated heterocycles. The Morgan fingerprint density at radius 2 is 0.547 bits per heavy atom. The van der Waals surface area contributed by atoms with E-state index in [4.69, 9.17) is 14.2 Å². The SMILES string of the molecule is CC/C=C\C/C=C\C/C=C\C/C=C\C/C=C\C/C=C\CCC(=O)OC(COC(=O)CCCCCCCCCCC)COC(=O)CCCCCCCCCCCCCCCCCCC/C=C\CCCCCCCCCC. The predicted molar refractivity (Wildman–Crippen MR) is 325 cm³/mol. The van der Waals surface area contributed by atoms with Crippen LogP contribution in [0, 0.1) is 0 Å². The van der Waals surface area contributed by atoms with Crippen molar-refractivity contribution in [2.45, 2.75) is 322 Å². The summed E-state index contributed by atoms with van der Waals surface area (Å²) >= 11 is 0. The fourth-order valence-corrected chi connectivity index (χ4v) is 9.11. The molecule has 75 heavy (non-hydrogen) atoms. The van der Waals surface area contributed by atoms with Gasteiger partial charge in [0.1, 0.15) is 13.2 Å². The van der Waals surface area contributed by atoms with Crippen molar-refractivity contribution in [3.63, 3.8) is 0 Å². The number of hydrogen-bond donors (Lipinski definition) is 0. The summed E-state index contributed by atoms with van der Waals surface area (Å²) in [6.07, 6.45) is 83.5. The molecule has 0 spiro atoms. The summed E-state index contributed by atoms with van der Waals surface area (Å²) in [5.74, 6) is -0.981. The molecule has 1 unspecified atom stereocenters. The molecule has 1 atom stereocenters. The van der Waals surface area contributed by atoms with Crippen LogP contribution in [0.15, 0.2) is 85.1 Å². The molecule has 0 heterocycles. The summed E-state index contributed by atoms with van der Waals surface area (Å²) in [5, 5.41) is 0. The molecule has 6 nitrogen and oxygen atoms in total. The Hall–Kier alpha value is -3.41. The Balaban J connectivity index is 4.21. The van der Waals surface area contributed by atoms with Crippen LogP contribution in [0.5, 0.6) is 0 Å². The zero-order chi connectivity index (χ0) is 54.3. The van der Waals surface area contributed by atoms with Crippen molar-refractivity contribution in [1.29, 1.82) is 0 Å². The smallest absolute Gasteiger partial charge is 0.306 e. The van der Waals surface area contributed by atoms with E-state index in [0.717, 1.165) is 77.0 Å². The van der Waals surface area contributed by atoms with Crippen molar-refractivity contribution in [2.24, 2.45) is 0 Å². The van der Waals surface area contributed by atoms with E-state index in [9.17, 15) is 14.4 Å². The molecule has 0 aliphatic carbocycles. The molecule has 0 rings (SSSR count). The van der Waals surface area contributed by atoms with Crippen LogP contribution in [0.3, 0.4) is 0 Å². The van der Waals surface area contributed by atoms with E-state index in [2.05, 4.69) is 99.8 Å². The number of unbranched alkanes of at least 4 members (excludes halogenated alkanes) is 33. The average molecular weight is 1050 g/mol. The average Bonchev–Trinajstić information content (AvgIpc) is 3.41. The fourth-order valence-electron chi connectivity index (χ4n) is 9.11. The Morgan fingerprint density at radius 1 is 0.280 bits per heavy atom. The maximum Gasteiger partial charge on any atom is 0.306 e. The first-order chi connectivity index (χ1) is 37.0. The van der Waals surface area contributed by atoms with Crippen molar-refractivity contribution in [3.05, 3.63) is 85.1 Å². The molecule has 6 heteroatoms. The van der Waals surface area contributed by atoms with Crippen molar-refractivity contribution in [2.75, 3.05) is 13.2 Å². The van der Waals surface area contributed by atoms with E-state index in [0.29, 0.717) is 19.3 Å². The second kappa shape index (κ2) is 63.1. The van der Waals surface area contributed by atoms with Crippen LogP contribution < -0.4 is 0 Å². The first-order valence-corrected chi connectivity index (χ1v) is 32.1. The summed E-state index contributed by atoms with van der Waals surface area (Å²) < 4.78 is 16.8. The number of rotatable bonds is 58. The van der Waals surface area contributed by atoms with Crippen LogP contribution in [0.4, 0.5) is 0 Å². The molecule has 0 saturated carbocycles. The minimum Gasteiger partial charge on any atom is -0.462 e. The Labute approximate surface area is 465 Å². The highest BCUT2D eigenvalue weighted by Crippen LogP contribution is 2.17. The number of esters is 3. The molecule has 0 aliphatic heterocycles. The van der Waals surface area contributed by atoms with Crippen LogP contribution in [-0.2, 0) is 28.6 Å². The molecule has 0 fully saturated rings. The van der Waals surface area contributed by atoms with Crippen molar-refractivity contribution in [1.82, 2.24) is 0 Å². The van der Waals surface area contributed by atoms with Crippen LogP contribution in [0.25, 0.3) is 0 Å². The van der Waals surface area contributed by atoms with Gasteiger partial charge in [0.2, 0.25) is 0 Å². The molecule has 0 aromatic heterocycles. The molecular formula is C69H120O6. The maximum absolute atomic E-state index is 12.8. The van der Waals surface area contributed by atoms with Gasteiger partial charge in [-0.3, -0.25) is 14.4 Å². The van der Waals surface area contributed by atoms with Gasteiger partial charge in [0, 0.05) is 19.3 Å². The van der Waals surface area contributed by atoms with E-state index in [1.54, 1.807) is 0 Å². The lowest BCUT2D eigenvalue weighted by atomic mass is 10.0. The van der Waals surface area contributed by atoms with E-state index < -0.39 is 6.10 Å². The normalized spacial score (nSPS) is 12.6. The fraction of sp³-hybridized carbons (Fsp3) is 0.754. The van der Waals surface area contributed by atoms with E-state index in [-0.39, 0.29) is 37.5 Å². The third kappa shape index (κ3) is 61.3. The lowest BCUT2D eigenvalue weighted by Gasteiger charge is -2.18. The number of allylic oxidation sites excluding steroid dienone is 14. The summed E-state index contributed by atoms with van der Waals surface area (Å²) in [7, 11) is 0. The van der Waals surface area contributed by atoms with Gasteiger partial charge in [0.25, 0.3) is 0 Å².